The maximum absolute atomic E-state index is 11.4. The van der Waals surface area contributed by atoms with Gasteiger partial charge in [0.1, 0.15) is 0 Å². The predicted octanol–water partition coefficient (Wildman–Crippen LogP) is 2.66. The summed E-state index contributed by atoms with van der Waals surface area (Å²) in [7, 11) is 0. The van der Waals surface area contributed by atoms with E-state index in [0.29, 0.717) is 11.7 Å². The van der Waals surface area contributed by atoms with Crippen LogP contribution in [0.4, 0.5) is 9.93 Å². The number of fused-ring (bicyclic) bond motifs is 1. The summed E-state index contributed by atoms with van der Waals surface area (Å²) in [6, 6.07) is 4.04. The molecule has 0 fully saturated rings. The van der Waals surface area contributed by atoms with Gasteiger partial charge in [-0.2, -0.15) is 0 Å². The second kappa shape index (κ2) is 6.85. The zero-order valence-corrected chi connectivity index (χ0v) is 13.2. The standard InChI is InChI=1S/C15H18N4O2S/c1-2-21-15(20)18-14-17-12-5-7-19(10-13(12)22-14)9-11-4-3-6-16-8-11/h3-4,6,8H,2,5,7,9-10H2,1H3,(H,17,18,20). The number of pyridine rings is 1. The Bertz CT molecular complexity index is 644. The Hall–Kier alpha value is -1.99. The van der Waals surface area contributed by atoms with Crippen LogP contribution in [0.1, 0.15) is 23.1 Å². The van der Waals surface area contributed by atoms with Gasteiger partial charge in [-0.1, -0.05) is 17.4 Å². The van der Waals surface area contributed by atoms with Crippen LogP contribution in [0.15, 0.2) is 24.5 Å². The number of rotatable bonds is 4. The highest BCUT2D eigenvalue weighted by molar-refractivity contribution is 7.15. The summed E-state index contributed by atoms with van der Waals surface area (Å²) < 4.78 is 4.88. The molecule has 1 amide bonds. The molecule has 6 nitrogen and oxygen atoms in total. The Labute approximate surface area is 133 Å². The number of ether oxygens (including phenoxy) is 1. The molecule has 116 valence electrons. The van der Waals surface area contributed by atoms with E-state index in [2.05, 4.69) is 26.3 Å². The minimum absolute atomic E-state index is 0.357. The third kappa shape index (κ3) is 3.61. The van der Waals surface area contributed by atoms with E-state index in [4.69, 9.17) is 4.74 Å². The van der Waals surface area contributed by atoms with Gasteiger partial charge in [-0.15, -0.1) is 0 Å². The highest BCUT2D eigenvalue weighted by Crippen LogP contribution is 2.29. The lowest BCUT2D eigenvalue weighted by Gasteiger charge is -2.25. The largest absolute Gasteiger partial charge is 0.450 e. The first-order valence-corrected chi connectivity index (χ1v) is 8.10. The number of amides is 1. The van der Waals surface area contributed by atoms with Crippen molar-refractivity contribution in [2.75, 3.05) is 18.5 Å². The molecule has 0 spiro atoms. The first-order valence-electron chi connectivity index (χ1n) is 7.28. The van der Waals surface area contributed by atoms with Gasteiger partial charge in [0.25, 0.3) is 0 Å². The Morgan fingerprint density at radius 3 is 3.23 bits per heavy atom. The number of hydrogen-bond acceptors (Lipinski definition) is 6. The first kappa shape index (κ1) is 14.9. The molecular weight excluding hydrogens is 300 g/mol. The molecule has 0 atom stereocenters. The maximum Gasteiger partial charge on any atom is 0.413 e. The molecule has 1 aliphatic rings. The second-order valence-electron chi connectivity index (χ2n) is 5.06. The van der Waals surface area contributed by atoms with Crippen molar-refractivity contribution in [2.24, 2.45) is 0 Å². The minimum Gasteiger partial charge on any atom is -0.450 e. The van der Waals surface area contributed by atoms with Gasteiger partial charge in [0, 0.05) is 43.3 Å². The van der Waals surface area contributed by atoms with Crippen LogP contribution in [-0.4, -0.2) is 34.1 Å². The molecule has 0 aliphatic carbocycles. The van der Waals surface area contributed by atoms with Crippen molar-refractivity contribution in [1.82, 2.24) is 14.9 Å². The zero-order valence-electron chi connectivity index (χ0n) is 12.4. The highest BCUT2D eigenvalue weighted by atomic mass is 32.1. The van der Waals surface area contributed by atoms with Crippen molar-refractivity contribution >= 4 is 22.6 Å². The molecular formula is C15H18N4O2S. The third-order valence-corrected chi connectivity index (χ3v) is 4.42. The van der Waals surface area contributed by atoms with Crippen LogP contribution in [0.5, 0.6) is 0 Å². The third-order valence-electron chi connectivity index (χ3n) is 3.42. The van der Waals surface area contributed by atoms with Gasteiger partial charge >= 0.3 is 6.09 Å². The smallest absolute Gasteiger partial charge is 0.413 e. The summed E-state index contributed by atoms with van der Waals surface area (Å²) in [5.74, 6) is 0. The van der Waals surface area contributed by atoms with E-state index >= 15 is 0 Å². The van der Waals surface area contributed by atoms with Crippen molar-refractivity contribution in [3.05, 3.63) is 40.7 Å². The average molecular weight is 318 g/mol. The molecule has 2 aromatic heterocycles. The molecule has 0 unspecified atom stereocenters. The quantitative estimate of drug-likeness (QED) is 0.938. The Kier molecular flexibility index (Phi) is 4.65. The SMILES string of the molecule is CCOC(=O)Nc1nc2c(s1)CN(Cc1cccnc1)CC2. The highest BCUT2D eigenvalue weighted by Gasteiger charge is 2.21. The van der Waals surface area contributed by atoms with Crippen molar-refractivity contribution in [3.63, 3.8) is 0 Å². The summed E-state index contributed by atoms with van der Waals surface area (Å²) >= 11 is 1.52. The zero-order chi connectivity index (χ0) is 15.4. The van der Waals surface area contributed by atoms with Crippen molar-refractivity contribution in [1.29, 1.82) is 0 Å². The molecule has 0 saturated heterocycles. The van der Waals surface area contributed by atoms with Crippen LogP contribution in [-0.2, 0) is 24.2 Å². The summed E-state index contributed by atoms with van der Waals surface area (Å²) in [6.07, 6.45) is 4.14. The van der Waals surface area contributed by atoms with Crippen LogP contribution < -0.4 is 5.32 Å². The fourth-order valence-corrected chi connectivity index (χ4v) is 3.48. The number of nitrogens with one attached hydrogen (secondary N) is 1. The molecule has 0 bridgehead atoms. The van der Waals surface area contributed by atoms with Crippen LogP contribution in [0.2, 0.25) is 0 Å². The predicted molar refractivity (Wildman–Crippen MR) is 84.8 cm³/mol. The Morgan fingerprint density at radius 2 is 2.45 bits per heavy atom. The Morgan fingerprint density at radius 1 is 1.55 bits per heavy atom. The molecule has 22 heavy (non-hydrogen) atoms. The molecule has 3 rings (SSSR count). The van der Waals surface area contributed by atoms with Crippen LogP contribution >= 0.6 is 11.3 Å². The topological polar surface area (TPSA) is 67.3 Å². The van der Waals surface area contributed by atoms with Gasteiger partial charge in [0.15, 0.2) is 5.13 Å². The molecule has 1 N–H and O–H groups in total. The van der Waals surface area contributed by atoms with Crippen molar-refractivity contribution in [3.8, 4) is 0 Å². The van der Waals surface area contributed by atoms with Gasteiger partial charge < -0.3 is 4.74 Å². The molecule has 1 aliphatic heterocycles. The molecule has 7 heteroatoms. The number of carbonyl (C=O) groups excluding carboxylic acids is 1. The maximum atomic E-state index is 11.4. The lowest BCUT2D eigenvalue weighted by atomic mass is 10.1. The monoisotopic (exact) mass is 318 g/mol. The van der Waals surface area contributed by atoms with Gasteiger partial charge in [-0.05, 0) is 18.6 Å². The lowest BCUT2D eigenvalue weighted by molar-refractivity contribution is 0.168. The number of nitrogens with zero attached hydrogens (tertiary/aromatic N) is 3. The fraction of sp³-hybridized carbons (Fsp3) is 0.400. The van der Waals surface area contributed by atoms with E-state index in [0.717, 1.165) is 31.7 Å². The molecule has 0 saturated carbocycles. The van der Waals surface area contributed by atoms with E-state index in [-0.39, 0.29) is 0 Å². The lowest BCUT2D eigenvalue weighted by Crippen LogP contribution is -2.29. The van der Waals surface area contributed by atoms with Crippen molar-refractivity contribution in [2.45, 2.75) is 26.4 Å². The van der Waals surface area contributed by atoms with Crippen LogP contribution in [0.3, 0.4) is 0 Å². The molecule has 2 aromatic rings. The second-order valence-corrected chi connectivity index (χ2v) is 6.14. The van der Waals surface area contributed by atoms with E-state index in [1.54, 1.807) is 13.1 Å². The fourth-order valence-electron chi connectivity index (χ4n) is 2.44. The molecule has 0 radical (unpaired) electrons. The van der Waals surface area contributed by atoms with Gasteiger partial charge in [0.2, 0.25) is 0 Å². The molecule has 3 heterocycles. The van der Waals surface area contributed by atoms with E-state index in [1.165, 1.54) is 21.8 Å². The summed E-state index contributed by atoms with van der Waals surface area (Å²) in [5, 5.41) is 3.30. The average Bonchev–Trinajstić information content (AvgIpc) is 2.90. The number of anilines is 1. The first-order chi connectivity index (χ1) is 10.7. The van der Waals surface area contributed by atoms with Gasteiger partial charge in [-0.3, -0.25) is 15.2 Å². The van der Waals surface area contributed by atoms with Gasteiger partial charge in [-0.25, -0.2) is 9.78 Å². The molecule has 0 aromatic carbocycles. The number of carbonyl (C=O) groups is 1. The summed E-state index contributed by atoms with van der Waals surface area (Å²) in [4.78, 5) is 23.7. The minimum atomic E-state index is -0.444. The van der Waals surface area contributed by atoms with Crippen LogP contribution in [0.25, 0.3) is 0 Å². The van der Waals surface area contributed by atoms with Gasteiger partial charge in [0.05, 0.1) is 12.3 Å². The summed E-state index contributed by atoms with van der Waals surface area (Å²) in [6.45, 7) is 4.83. The number of thiazole rings is 1. The van der Waals surface area contributed by atoms with E-state index in [1.807, 2.05) is 12.3 Å². The Balaban J connectivity index is 1.63. The normalized spacial score (nSPS) is 14.4. The van der Waals surface area contributed by atoms with Crippen LogP contribution in [0, 0.1) is 0 Å². The van der Waals surface area contributed by atoms with Crippen molar-refractivity contribution < 1.29 is 9.53 Å². The number of hydrogen-bond donors (Lipinski definition) is 1. The van der Waals surface area contributed by atoms with E-state index in [9.17, 15) is 4.79 Å². The van der Waals surface area contributed by atoms with E-state index < -0.39 is 6.09 Å². The number of aromatic nitrogens is 2. The summed E-state index contributed by atoms with van der Waals surface area (Å²) in [5.41, 5.74) is 2.29.